The highest BCUT2D eigenvalue weighted by molar-refractivity contribution is 7.89. The van der Waals surface area contributed by atoms with E-state index >= 15 is 0 Å². The van der Waals surface area contributed by atoms with Gasteiger partial charge in [-0.25, -0.2) is 13.2 Å². The Bertz CT molecular complexity index is 1070. The summed E-state index contributed by atoms with van der Waals surface area (Å²) in [4.78, 5) is 24.1. The van der Waals surface area contributed by atoms with E-state index in [0.29, 0.717) is 35.8 Å². The van der Waals surface area contributed by atoms with Gasteiger partial charge in [0, 0.05) is 29.5 Å². The summed E-state index contributed by atoms with van der Waals surface area (Å²) in [6.45, 7) is 2.30. The minimum absolute atomic E-state index is 0.0919. The quantitative estimate of drug-likeness (QED) is 0.697. The fraction of sp³-hybridized carbons (Fsp3) is 0.333. The Kier molecular flexibility index (Phi) is 7.19. The Morgan fingerprint density at radius 1 is 1.10 bits per heavy atom. The van der Waals surface area contributed by atoms with Crippen LogP contribution in [0.15, 0.2) is 47.4 Å². The van der Waals surface area contributed by atoms with E-state index in [0.717, 1.165) is 5.56 Å². The molecule has 0 saturated carbocycles. The topological polar surface area (TPSA) is 105 Å². The van der Waals surface area contributed by atoms with Crippen molar-refractivity contribution in [3.8, 4) is 0 Å². The van der Waals surface area contributed by atoms with E-state index in [9.17, 15) is 18.0 Å². The number of nitrogens with zero attached hydrogens (tertiary/aromatic N) is 1. The number of piperidine rings is 1. The minimum Gasteiger partial charge on any atom is -0.453 e. The van der Waals surface area contributed by atoms with Crippen LogP contribution in [0.3, 0.4) is 0 Å². The molecule has 1 atom stereocenters. The molecule has 0 unspecified atom stereocenters. The summed E-state index contributed by atoms with van der Waals surface area (Å²) in [6.07, 6.45) is 0.531. The lowest BCUT2D eigenvalue weighted by molar-refractivity contribution is -0.120. The molecule has 1 heterocycles. The Balaban J connectivity index is 1.69. The fourth-order valence-corrected chi connectivity index (χ4v) is 5.02. The van der Waals surface area contributed by atoms with Gasteiger partial charge in [0.15, 0.2) is 0 Å². The smallest absolute Gasteiger partial charge is 0.411 e. The second-order valence-electron chi connectivity index (χ2n) is 7.30. The highest BCUT2D eigenvalue weighted by Gasteiger charge is 2.33. The van der Waals surface area contributed by atoms with Crippen LogP contribution in [0.5, 0.6) is 0 Å². The summed E-state index contributed by atoms with van der Waals surface area (Å²) in [7, 11) is -2.54. The first-order valence-electron chi connectivity index (χ1n) is 9.73. The normalized spacial score (nSPS) is 17.1. The van der Waals surface area contributed by atoms with Crippen molar-refractivity contribution in [1.29, 1.82) is 0 Å². The van der Waals surface area contributed by atoms with Crippen LogP contribution < -0.4 is 10.6 Å². The predicted octanol–water partition coefficient (Wildman–Crippen LogP) is 3.87. The Labute approximate surface area is 186 Å². The van der Waals surface area contributed by atoms with Crippen LogP contribution in [0.1, 0.15) is 18.4 Å². The first kappa shape index (κ1) is 23.1. The summed E-state index contributed by atoms with van der Waals surface area (Å²) in [6, 6.07) is 11.1. The van der Waals surface area contributed by atoms with Gasteiger partial charge in [-0.15, -0.1) is 0 Å². The van der Waals surface area contributed by atoms with E-state index in [-0.39, 0.29) is 17.3 Å². The first-order valence-corrected chi connectivity index (χ1v) is 11.5. The highest BCUT2D eigenvalue weighted by Crippen LogP contribution is 2.26. The van der Waals surface area contributed by atoms with Gasteiger partial charge in [-0.2, -0.15) is 4.31 Å². The number of halogens is 1. The Hall–Kier alpha value is -2.62. The first-order chi connectivity index (χ1) is 14.7. The summed E-state index contributed by atoms with van der Waals surface area (Å²) in [5.41, 5.74) is 1.90. The molecule has 0 aromatic heterocycles. The molecular weight excluding hydrogens is 442 g/mol. The zero-order valence-corrected chi connectivity index (χ0v) is 18.8. The molecule has 10 heteroatoms. The van der Waals surface area contributed by atoms with Crippen molar-refractivity contribution in [3.05, 3.63) is 53.1 Å². The van der Waals surface area contributed by atoms with Gasteiger partial charge in [0.25, 0.3) is 0 Å². The number of carbonyl (C=O) groups is 2. The maximum absolute atomic E-state index is 13.1. The number of carbonyl (C=O) groups excluding carboxylic acids is 2. The molecule has 0 spiro atoms. The third-order valence-corrected chi connectivity index (χ3v) is 7.40. The van der Waals surface area contributed by atoms with Crippen molar-refractivity contribution < 1.29 is 22.7 Å². The molecule has 1 saturated heterocycles. The summed E-state index contributed by atoms with van der Waals surface area (Å²) >= 11 is 6.11. The number of hydrogen-bond donors (Lipinski definition) is 2. The predicted molar refractivity (Wildman–Crippen MR) is 119 cm³/mol. The van der Waals surface area contributed by atoms with Crippen molar-refractivity contribution >= 4 is 45.0 Å². The molecular formula is C21H24ClN3O5S. The van der Waals surface area contributed by atoms with E-state index in [1.807, 2.05) is 13.0 Å². The molecule has 3 rings (SSSR count). The number of sulfonamides is 1. The number of benzene rings is 2. The minimum atomic E-state index is -3.78. The third kappa shape index (κ3) is 5.55. The van der Waals surface area contributed by atoms with E-state index < -0.39 is 22.0 Å². The largest absolute Gasteiger partial charge is 0.453 e. The highest BCUT2D eigenvalue weighted by atomic mass is 35.5. The lowest BCUT2D eigenvalue weighted by Crippen LogP contribution is -2.43. The van der Waals surface area contributed by atoms with Crippen molar-refractivity contribution in [2.24, 2.45) is 5.92 Å². The molecule has 2 amide bonds. The van der Waals surface area contributed by atoms with Gasteiger partial charge in [0.2, 0.25) is 15.9 Å². The number of ether oxygens (including phenoxy) is 1. The third-order valence-electron chi connectivity index (χ3n) is 5.12. The number of anilines is 2. The second kappa shape index (κ2) is 9.67. The molecule has 1 fully saturated rings. The maximum atomic E-state index is 13.1. The second-order valence-corrected chi connectivity index (χ2v) is 9.64. The molecule has 1 aliphatic heterocycles. The van der Waals surface area contributed by atoms with Crippen LogP contribution in [-0.4, -0.2) is 44.9 Å². The molecule has 166 valence electrons. The van der Waals surface area contributed by atoms with Crippen LogP contribution in [0, 0.1) is 12.8 Å². The molecule has 1 aliphatic rings. The lowest BCUT2D eigenvalue weighted by Gasteiger charge is -2.31. The van der Waals surface area contributed by atoms with Crippen molar-refractivity contribution in [2.45, 2.75) is 24.7 Å². The fourth-order valence-electron chi connectivity index (χ4n) is 3.32. The van der Waals surface area contributed by atoms with Crippen molar-refractivity contribution in [3.63, 3.8) is 0 Å². The maximum Gasteiger partial charge on any atom is 0.411 e. The van der Waals surface area contributed by atoms with Crippen LogP contribution in [0.4, 0.5) is 16.2 Å². The zero-order valence-electron chi connectivity index (χ0n) is 17.2. The van der Waals surface area contributed by atoms with Gasteiger partial charge in [-0.1, -0.05) is 17.7 Å². The molecule has 2 aromatic carbocycles. The molecule has 0 aliphatic carbocycles. The molecule has 0 radical (unpaired) electrons. The van der Waals surface area contributed by atoms with Crippen LogP contribution >= 0.6 is 11.6 Å². The summed E-state index contributed by atoms with van der Waals surface area (Å²) in [5.74, 6) is -0.707. The molecule has 31 heavy (non-hydrogen) atoms. The van der Waals surface area contributed by atoms with Crippen molar-refractivity contribution in [2.75, 3.05) is 30.8 Å². The van der Waals surface area contributed by atoms with E-state index in [1.165, 1.54) is 35.7 Å². The van der Waals surface area contributed by atoms with Crippen LogP contribution in [0.2, 0.25) is 5.02 Å². The monoisotopic (exact) mass is 465 g/mol. The average molecular weight is 466 g/mol. The molecule has 8 nitrogen and oxygen atoms in total. The SMILES string of the molecule is COC(=O)Nc1ccc(S(=O)(=O)N2CCC[C@@H](C(=O)Nc3ccc(C)c(Cl)c3)C2)cc1. The van der Waals surface area contributed by atoms with Crippen molar-refractivity contribution in [1.82, 2.24) is 4.31 Å². The van der Waals surface area contributed by atoms with E-state index in [4.69, 9.17) is 11.6 Å². The van der Waals surface area contributed by atoms with Gasteiger partial charge < -0.3 is 10.1 Å². The standard InChI is InChI=1S/C21H24ClN3O5S/c1-14-5-6-17(12-19(14)22)23-20(26)15-4-3-11-25(13-15)31(28,29)18-9-7-16(8-10-18)24-21(27)30-2/h5-10,12,15H,3-4,11,13H2,1-2H3,(H,23,26)(H,24,27)/t15-/m1/s1. The number of hydrogen-bond acceptors (Lipinski definition) is 5. The average Bonchev–Trinajstić information content (AvgIpc) is 2.76. The zero-order chi connectivity index (χ0) is 22.6. The van der Waals surface area contributed by atoms with Gasteiger partial charge in [-0.05, 0) is 61.7 Å². The van der Waals surface area contributed by atoms with Crippen LogP contribution in [-0.2, 0) is 19.6 Å². The van der Waals surface area contributed by atoms with Crippen LogP contribution in [0.25, 0.3) is 0 Å². The van der Waals surface area contributed by atoms with E-state index in [2.05, 4.69) is 15.4 Å². The number of rotatable bonds is 5. The van der Waals surface area contributed by atoms with Gasteiger partial charge in [-0.3, -0.25) is 10.1 Å². The van der Waals surface area contributed by atoms with E-state index in [1.54, 1.807) is 12.1 Å². The number of methoxy groups -OCH3 is 1. The number of amides is 2. The number of nitrogens with one attached hydrogen (secondary N) is 2. The molecule has 2 N–H and O–H groups in total. The Morgan fingerprint density at radius 3 is 2.42 bits per heavy atom. The number of aryl methyl sites for hydroxylation is 1. The lowest BCUT2D eigenvalue weighted by atomic mass is 9.98. The van der Waals surface area contributed by atoms with Gasteiger partial charge >= 0.3 is 6.09 Å². The molecule has 0 bridgehead atoms. The van der Waals surface area contributed by atoms with Gasteiger partial charge in [0.1, 0.15) is 0 Å². The molecule has 2 aromatic rings. The summed E-state index contributed by atoms with van der Waals surface area (Å²) < 4.78 is 31.9. The van der Waals surface area contributed by atoms with Gasteiger partial charge in [0.05, 0.1) is 17.9 Å². The Morgan fingerprint density at radius 2 is 1.77 bits per heavy atom. The summed E-state index contributed by atoms with van der Waals surface area (Å²) in [5, 5.41) is 5.85.